The minimum atomic E-state index is -0.879. The van der Waals surface area contributed by atoms with Gasteiger partial charge < -0.3 is 10.1 Å². The molecule has 28 heavy (non-hydrogen) atoms. The molecule has 0 unspecified atom stereocenters. The molecule has 1 aromatic rings. The lowest BCUT2D eigenvalue weighted by Gasteiger charge is -2.36. The second kappa shape index (κ2) is 7.74. The summed E-state index contributed by atoms with van der Waals surface area (Å²) in [5, 5.41) is 3.45. The Morgan fingerprint density at radius 3 is 2.71 bits per heavy atom. The monoisotopic (exact) mass is 406 g/mol. The normalized spacial score (nSPS) is 24.8. The number of nitrogens with one attached hydrogen (secondary N) is 1. The Morgan fingerprint density at radius 2 is 2.07 bits per heavy atom. The first-order valence-electron chi connectivity index (χ1n) is 9.80. The Morgan fingerprint density at radius 1 is 1.36 bits per heavy atom. The van der Waals surface area contributed by atoms with Gasteiger partial charge in [0.25, 0.3) is 5.91 Å². The standard InChI is InChI=1S/C21H27ClN2O4/c1-12(2)15-10-16(22)13(3)9-17(15)28-18(25)11-24-19(26)21(23-20(24)27)8-6-5-7-14(21)4/h9-10,12,14H,5-8,11H2,1-4H3,(H,23,27)/t14-,21-/m1/s1. The van der Waals surface area contributed by atoms with E-state index in [2.05, 4.69) is 5.32 Å². The molecule has 1 aliphatic carbocycles. The number of hydrogen-bond donors (Lipinski definition) is 1. The van der Waals surface area contributed by atoms with Crippen molar-refractivity contribution < 1.29 is 19.1 Å². The summed E-state index contributed by atoms with van der Waals surface area (Å²) in [5.74, 6) is -0.408. The minimum absolute atomic E-state index is 0.0465. The zero-order chi connectivity index (χ0) is 20.6. The number of carbonyl (C=O) groups excluding carboxylic acids is 3. The number of ether oxygens (including phenoxy) is 1. The Kier molecular flexibility index (Phi) is 5.71. The van der Waals surface area contributed by atoms with Crippen molar-refractivity contribution >= 4 is 29.5 Å². The molecular formula is C21H27ClN2O4. The number of hydrogen-bond acceptors (Lipinski definition) is 4. The van der Waals surface area contributed by atoms with E-state index in [9.17, 15) is 14.4 Å². The Hall–Kier alpha value is -2.08. The summed E-state index contributed by atoms with van der Waals surface area (Å²) in [6.45, 7) is 7.35. The summed E-state index contributed by atoms with van der Waals surface area (Å²) < 4.78 is 5.53. The van der Waals surface area contributed by atoms with E-state index in [4.69, 9.17) is 16.3 Å². The van der Waals surface area contributed by atoms with E-state index >= 15 is 0 Å². The minimum Gasteiger partial charge on any atom is -0.425 e. The third kappa shape index (κ3) is 3.62. The van der Waals surface area contributed by atoms with Crippen LogP contribution in [0.15, 0.2) is 12.1 Å². The number of rotatable bonds is 4. The van der Waals surface area contributed by atoms with Gasteiger partial charge in [0, 0.05) is 5.02 Å². The molecule has 7 heteroatoms. The lowest BCUT2D eigenvalue weighted by atomic mass is 9.73. The smallest absolute Gasteiger partial charge is 0.331 e. The van der Waals surface area contributed by atoms with Gasteiger partial charge in [-0.3, -0.25) is 9.69 Å². The third-order valence-corrected chi connectivity index (χ3v) is 6.33. The van der Waals surface area contributed by atoms with Crippen LogP contribution in [0, 0.1) is 12.8 Å². The fourth-order valence-electron chi connectivity index (χ4n) is 4.13. The Balaban J connectivity index is 1.76. The molecule has 2 aliphatic rings. The van der Waals surface area contributed by atoms with Gasteiger partial charge in [-0.05, 0) is 54.9 Å². The second-order valence-corrected chi connectivity index (χ2v) is 8.61. The summed E-state index contributed by atoms with van der Waals surface area (Å²) in [6.07, 6.45) is 3.42. The van der Waals surface area contributed by atoms with Gasteiger partial charge in [-0.25, -0.2) is 9.59 Å². The van der Waals surface area contributed by atoms with Crippen LogP contribution in [0.1, 0.15) is 63.5 Å². The molecule has 0 bridgehead atoms. The number of urea groups is 1. The average Bonchev–Trinajstić information content (AvgIpc) is 2.85. The number of benzene rings is 1. The molecule has 0 radical (unpaired) electrons. The van der Waals surface area contributed by atoms with Crippen LogP contribution in [0.25, 0.3) is 0 Å². The number of halogens is 1. The Bertz CT molecular complexity index is 823. The van der Waals surface area contributed by atoms with Crippen molar-refractivity contribution in [1.29, 1.82) is 0 Å². The van der Waals surface area contributed by atoms with Crippen molar-refractivity contribution in [2.75, 3.05) is 6.54 Å². The highest BCUT2D eigenvalue weighted by Gasteiger charge is 2.55. The molecule has 1 N–H and O–H groups in total. The topological polar surface area (TPSA) is 75.7 Å². The highest BCUT2D eigenvalue weighted by Crippen LogP contribution is 2.38. The highest BCUT2D eigenvalue weighted by molar-refractivity contribution is 6.31. The van der Waals surface area contributed by atoms with Crippen LogP contribution in [-0.2, 0) is 9.59 Å². The van der Waals surface area contributed by atoms with Crippen molar-refractivity contribution in [3.8, 4) is 5.75 Å². The molecule has 1 saturated carbocycles. The number of aryl methyl sites for hydroxylation is 1. The summed E-state index contributed by atoms with van der Waals surface area (Å²) in [5.41, 5.74) is 0.715. The lowest BCUT2D eigenvalue weighted by Crippen LogP contribution is -2.54. The van der Waals surface area contributed by atoms with Crippen LogP contribution < -0.4 is 10.1 Å². The van der Waals surface area contributed by atoms with Crippen molar-refractivity contribution in [3.63, 3.8) is 0 Å². The number of amides is 3. The maximum absolute atomic E-state index is 13.0. The zero-order valence-electron chi connectivity index (χ0n) is 16.8. The SMILES string of the molecule is Cc1cc(OC(=O)CN2C(=O)N[C@@]3(CCCC[C@H]3C)C2=O)c(C(C)C)cc1Cl. The molecular weight excluding hydrogens is 380 g/mol. The van der Waals surface area contributed by atoms with Crippen LogP contribution in [0.5, 0.6) is 5.75 Å². The van der Waals surface area contributed by atoms with Gasteiger partial charge in [-0.2, -0.15) is 0 Å². The molecule has 152 valence electrons. The predicted octanol–water partition coefficient (Wildman–Crippen LogP) is 4.18. The summed E-state index contributed by atoms with van der Waals surface area (Å²) >= 11 is 6.19. The highest BCUT2D eigenvalue weighted by atomic mass is 35.5. The molecule has 2 fully saturated rings. The molecule has 1 aliphatic heterocycles. The first-order chi connectivity index (χ1) is 13.2. The van der Waals surface area contributed by atoms with Gasteiger partial charge in [-0.15, -0.1) is 0 Å². The molecule has 2 atom stereocenters. The van der Waals surface area contributed by atoms with E-state index in [1.165, 1.54) is 0 Å². The average molecular weight is 407 g/mol. The van der Waals surface area contributed by atoms with Crippen molar-refractivity contribution in [3.05, 3.63) is 28.3 Å². The van der Waals surface area contributed by atoms with Gasteiger partial charge >= 0.3 is 12.0 Å². The fraction of sp³-hybridized carbons (Fsp3) is 0.571. The van der Waals surface area contributed by atoms with Gasteiger partial charge in [0.15, 0.2) is 0 Å². The van der Waals surface area contributed by atoms with Crippen molar-refractivity contribution in [2.45, 2.75) is 64.8 Å². The number of carbonyl (C=O) groups is 3. The van der Waals surface area contributed by atoms with E-state index in [1.807, 2.05) is 27.7 Å². The maximum atomic E-state index is 13.0. The largest absolute Gasteiger partial charge is 0.425 e. The van der Waals surface area contributed by atoms with E-state index in [1.54, 1.807) is 12.1 Å². The first kappa shape index (κ1) is 20.6. The molecule has 6 nitrogen and oxygen atoms in total. The number of nitrogens with zero attached hydrogens (tertiary/aromatic N) is 1. The lowest BCUT2D eigenvalue weighted by molar-refractivity contribution is -0.142. The van der Waals surface area contributed by atoms with E-state index in [0.29, 0.717) is 17.2 Å². The summed E-state index contributed by atoms with van der Waals surface area (Å²) in [7, 11) is 0. The predicted molar refractivity (Wildman–Crippen MR) is 107 cm³/mol. The summed E-state index contributed by atoms with van der Waals surface area (Å²) in [4.78, 5) is 39.0. The molecule has 1 saturated heterocycles. The second-order valence-electron chi connectivity index (χ2n) is 8.21. The van der Waals surface area contributed by atoms with Gasteiger partial charge in [0.05, 0.1) is 0 Å². The quantitative estimate of drug-likeness (QED) is 0.462. The van der Waals surface area contributed by atoms with E-state index in [-0.39, 0.29) is 17.7 Å². The third-order valence-electron chi connectivity index (χ3n) is 5.93. The number of imide groups is 1. The first-order valence-corrected chi connectivity index (χ1v) is 10.2. The van der Waals surface area contributed by atoms with Gasteiger partial charge in [0.1, 0.15) is 17.8 Å². The molecule has 1 spiro atoms. The molecule has 3 amide bonds. The Labute approximate surface area is 170 Å². The van der Waals surface area contributed by atoms with Crippen LogP contribution in [0.4, 0.5) is 4.79 Å². The maximum Gasteiger partial charge on any atom is 0.331 e. The van der Waals surface area contributed by atoms with E-state index in [0.717, 1.165) is 35.3 Å². The molecule has 3 rings (SSSR count). The van der Waals surface area contributed by atoms with Crippen LogP contribution in [0.2, 0.25) is 5.02 Å². The zero-order valence-corrected chi connectivity index (χ0v) is 17.6. The molecule has 0 aromatic heterocycles. The van der Waals surface area contributed by atoms with E-state index < -0.39 is 24.1 Å². The molecule has 1 aromatic carbocycles. The van der Waals surface area contributed by atoms with Crippen molar-refractivity contribution in [2.24, 2.45) is 5.92 Å². The van der Waals surface area contributed by atoms with Crippen LogP contribution >= 0.6 is 11.6 Å². The molecule has 1 heterocycles. The van der Waals surface area contributed by atoms with Gasteiger partial charge in [-0.1, -0.05) is 45.2 Å². The van der Waals surface area contributed by atoms with Crippen LogP contribution in [0.3, 0.4) is 0 Å². The summed E-state index contributed by atoms with van der Waals surface area (Å²) in [6, 6.07) is 2.98. The van der Waals surface area contributed by atoms with Crippen LogP contribution in [-0.4, -0.2) is 34.9 Å². The van der Waals surface area contributed by atoms with Gasteiger partial charge in [0.2, 0.25) is 0 Å². The fourth-order valence-corrected chi connectivity index (χ4v) is 4.31. The number of esters is 1. The van der Waals surface area contributed by atoms with Crippen molar-refractivity contribution in [1.82, 2.24) is 10.2 Å².